The minimum atomic E-state index is -0.883. The molecule has 0 aromatic carbocycles. The van der Waals surface area contributed by atoms with E-state index in [1.54, 1.807) is 0 Å². The molecule has 0 aromatic rings. The second kappa shape index (κ2) is 22.6. The molecule has 1 unspecified atom stereocenters. The number of unbranched alkanes of at least 4 members (excludes halogenated alkanes) is 16. The number of carboxylic acids is 1. The zero-order valence-corrected chi connectivity index (χ0v) is 20.1. The first-order valence-electron chi connectivity index (χ1n) is 13.0. The lowest BCUT2D eigenvalue weighted by atomic mass is 10.0. The highest BCUT2D eigenvalue weighted by atomic mass is 16.5. The standard InChI is InChI=1S/C26H50O4/c1-3-5-7-9-11-13-14-16-18-20-22-26(29)30-24(23-25(27)28)21-19-17-15-12-10-8-6-4-2/h24H,3-23H2,1-2H3,(H,27,28). The third kappa shape index (κ3) is 21.6. The Morgan fingerprint density at radius 2 is 1.03 bits per heavy atom. The number of rotatable bonds is 23. The number of ether oxygens (including phenoxy) is 1. The van der Waals surface area contributed by atoms with Crippen LogP contribution >= 0.6 is 0 Å². The number of carboxylic acid groups (broad SMARTS) is 1. The van der Waals surface area contributed by atoms with Crippen molar-refractivity contribution in [1.82, 2.24) is 0 Å². The summed E-state index contributed by atoms with van der Waals surface area (Å²) in [5.74, 6) is -1.10. The van der Waals surface area contributed by atoms with Crippen molar-refractivity contribution in [1.29, 1.82) is 0 Å². The molecule has 1 atom stereocenters. The molecule has 30 heavy (non-hydrogen) atoms. The monoisotopic (exact) mass is 426 g/mol. The van der Waals surface area contributed by atoms with Crippen LogP contribution in [0, 0.1) is 0 Å². The highest BCUT2D eigenvalue weighted by Crippen LogP contribution is 2.16. The Kier molecular flexibility index (Phi) is 21.8. The van der Waals surface area contributed by atoms with Crippen molar-refractivity contribution in [3.8, 4) is 0 Å². The lowest BCUT2D eigenvalue weighted by molar-refractivity contribution is -0.153. The molecule has 0 bridgehead atoms. The Labute approximate surface area is 186 Å². The normalized spacial score (nSPS) is 12.1. The molecule has 0 saturated carbocycles. The van der Waals surface area contributed by atoms with E-state index in [9.17, 15) is 9.59 Å². The Bertz CT molecular complexity index is 394. The Hall–Kier alpha value is -1.06. The molecule has 0 aromatic heterocycles. The highest BCUT2D eigenvalue weighted by Gasteiger charge is 2.17. The van der Waals surface area contributed by atoms with Gasteiger partial charge >= 0.3 is 11.9 Å². The molecule has 0 aliphatic rings. The number of esters is 1. The second-order valence-corrected chi connectivity index (χ2v) is 8.91. The van der Waals surface area contributed by atoms with E-state index in [0.717, 1.165) is 25.7 Å². The molecule has 0 saturated heterocycles. The van der Waals surface area contributed by atoms with Crippen molar-refractivity contribution >= 4 is 11.9 Å². The first kappa shape index (κ1) is 28.9. The smallest absolute Gasteiger partial charge is 0.307 e. The molecule has 4 nitrogen and oxygen atoms in total. The molecular weight excluding hydrogens is 376 g/mol. The number of hydrogen-bond acceptors (Lipinski definition) is 3. The van der Waals surface area contributed by atoms with Crippen molar-refractivity contribution in [2.24, 2.45) is 0 Å². The second-order valence-electron chi connectivity index (χ2n) is 8.91. The van der Waals surface area contributed by atoms with Crippen LogP contribution in [0.2, 0.25) is 0 Å². The topological polar surface area (TPSA) is 63.6 Å². The van der Waals surface area contributed by atoms with Crippen LogP contribution in [0.15, 0.2) is 0 Å². The number of carbonyl (C=O) groups is 2. The lowest BCUT2D eigenvalue weighted by Crippen LogP contribution is -2.21. The van der Waals surface area contributed by atoms with Crippen molar-refractivity contribution in [2.45, 2.75) is 155 Å². The average Bonchev–Trinajstić information content (AvgIpc) is 2.70. The molecule has 0 fully saturated rings. The van der Waals surface area contributed by atoms with Gasteiger partial charge in [0.2, 0.25) is 0 Å². The molecule has 4 heteroatoms. The van der Waals surface area contributed by atoms with Gasteiger partial charge in [-0.05, 0) is 19.3 Å². The first-order chi connectivity index (χ1) is 14.6. The molecule has 0 aliphatic heterocycles. The SMILES string of the molecule is CCCCCCCCCCCCC(=O)OC(CCCCCCCCCC)CC(=O)O. The molecule has 178 valence electrons. The summed E-state index contributed by atoms with van der Waals surface area (Å²) in [5, 5.41) is 9.09. The van der Waals surface area contributed by atoms with Crippen LogP contribution in [0.3, 0.4) is 0 Å². The van der Waals surface area contributed by atoms with E-state index in [1.807, 2.05) is 0 Å². The Balaban J connectivity index is 3.74. The molecule has 0 radical (unpaired) electrons. The van der Waals surface area contributed by atoms with Crippen molar-refractivity contribution in [3.63, 3.8) is 0 Å². The van der Waals surface area contributed by atoms with Gasteiger partial charge in [0.15, 0.2) is 0 Å². The summed E-state index contributed by atoms with van der Waals surface area (Å²) >= 11 is 0. The number of carbonyl (C=O) groups excluding carboxylic acids is 1. The first-order valence-corrected chi connectivity index (χ1v) is 13.0. The molecule has 0 rings (SSSR count). The van der Waals surface area contributed by atoms with Crippen LogP contribution in [-0.4, -0.2) is 23.1 Å². The van der Waals surface area contributed by atoms with E-state index in [-0.39, 0.29) is 12.4 Å². The van der Waals surface area contributed by atoms with E-state index in [4.69, 9.17) is 9.84 Å². The van der Waals surface area contributed by atoms with Gasteiger partial charge in [0, 0.05) is 6.42 Å². The molecule has 0 heterocycles. The van der Waals surface area contributed by atoms with E-state index in [1.165, 1.54) is 89.9 Å². The van der Waals surface area contributed by atoms with Gasteiger partial charge in [-0.3, -0.25) is 9.59 Å². The van der Waals surface area contributed by atoms with E-state index >= 15 is 0 Å². The van der Waals surface area contributed by atoms with Crippen LogP contribution in [0.5, 0.6) is 0 Å². The fourth-order valence-electron chi connectivity index (χ4n) is 3.90. The van der Waals surface area contributed by atoms with E-state index in [0.29, 0.717) is 12.8 Å². The van der Waals surface area contributed by atoms with Gasteiger partial charge in [0.1, 0.15) is 6.10 Å². The highest BCUT2D eigenvalue weighted by molar-refractivity contribution is 5.71. The van der Waals surface area contributed by atoms with Gasteiger partial charge in [0.05, 0.1) is 6.42 Å². The summed E-state index contributed by atoms with van der Waals surface area (Å²) in [7, 11) is 0. The predicted molar refractivity (Wildman–Crippen MR) is 126 cm³/mol. The lowest BCUT2D eigenvalue weighted by Gasteiger charge is -2.16. The maximum absolute atomic E-state index is 12.1. The molecule has 1 N–H and O–H groups in total. The summed E-state index contributed by atoms with van der Waals surface area (Å²) < 4.78 is 5.48. The van der Waals surface area contributed by atoms with Gasteiger partial charge in [-0.25, -0.2) is 0 Å². The van der Waals surface area contributed by atoms with Crippen molar-refractivity contribution in [3.05, 3.63) is 0 Å². The van der Waals surface area contributed by atoms with Crippen LogP contribution in [0.1, 0.15) is 149 Å². The van der Waals surface area contributed by atoms with Crippen LogP contribution < -0.4 is 0 Å². The molecular formula is C26H50O4. The summed E-state index contributed by atoms with van der Waals surface area (Å²) in [6.45, 7) is 4.46. The van der Waals surface area contributed by atoms with Crippen molar-refractivity contribution in [2.75, 3.05) is 0 Å². The van der Waals surface area contributed by atoms with Gasteiger partial charge in [0.25, 0.3) is 0 Å². The molecule has 0 spiro atoms. The average molecular weight is 427 g/mol. The van der Waals surface area contributed by atoms with Crippen LogP contribution in [-0.2, 0) is 14.3 Å². The zero-order chi connectivity index (χ0) is 22.3. The maximum atomic E-state index is 12.1. The quantitative estimate of drug-likeness (QED) is 0.132. The zero-order valence-electron chi connectivity index (χ0n) is 20.1. The van der Waals surface area contributed by atoms with Gasteiger partial charge in [-0.1, -0.05) is 117 Å². The largest absolute Gasteiger partial charge is 0.481 e. The third-order valence-electron chi connectivity index (χ3n) is 5.81. The summed E-state index contributed by atoms with van der Waals surface area (Å²) in [6, 6.07) is 0. The number of hydrogen-bond donors (Lipinski definition) is 1. The van der Waals surface area contributed by atoms with Gasteiger partial charge in [-0.2, -0.15) is 0 Å². The Morgan fingerprint density at radius 3 is 1.47 bits per heavy atom. The minimum absolute atomic E-state index is 0.0692. The fraction of sp³-hybridized carbons (Fsp3) is 0.923. The molecule has 0 aliphatic carbocycles. The van der Waals surface area contributed by atoms with E-state index < -0.39 is 12.1 Å². The number of aliphatic carboxylic acids is 1. The van der Waals surface area contributed by atoms with Gasteiger partial charge < -0.3 is 9.84 Å². The predicted octanol–water partition coefficient (Wildman–Crippen LogP) is 8.21. The van der Waals surface area contributed by atoms with Crippen molar-refractivity contribution < 1.29 is 19.4 Å². The summed E-state index contributed by atoms with van der Waals surface area (Å²) in [5.41, 5.74) is 0. The summed E-state index contributed by atoms with van der Waals surface area (Å²) in [6.07, 6.45) is 22.6. The van der Waals surface area contributed by atoms with Crippen LogP contribution in [0.4, 0.5) is 0 Å². The maximum Gasteiger partial charge on any atom is 0.307 e. The molecule has 0 amide bonds. The minimum Gasteiger partial charge on any atom is -0.481 e. The third-order valence-corrected chi connectivity index (χ3v) is 5.81. The summed E-state index contributed by atoms with van der Waals surface area (Å²) in [4.78, 5) is 23.2. The van der Waals surface area contributed by atoms with Crippen LogP contribution in [0.25, 0.3) is 0 Å². The van der Waals surface area contributed by atoms with E-state index in [2.05, 4.69) is 13.8 Å². The van der Waals surface area contributed by atoms with Gasteiger partial charge in [-0.15, -0.1) is 0 Å². The Morgan fingerprint density at radius 1 is 0.633 bits per heavy atom. The fourth-order valence-corrected chi connectivity index (χ4v) is 3.90.